The van der Waals surface area contributed by atoms with Crippen molar-refractivity contribution in [1.82, 2.24) is 4.57 Å². The van der Waals surface area contributed by atoms with E-state index >= 15 is 0 Å². The number of hydrogen-bond acceptors (Lipinski definition) is 2. The first-order chi connectivity index (χ1) is 22.3. The Bertz CT molecular complexity index is 3040. The molecule has 0 spiro atoms. The molecular weight excluding hydrogens is 583 g/mol. The minimum absolute atomic E-state index is 1.24. The summed E-state index contributed by atoms with van der Waals surface area (Å²) in [5, 5.41) is 15.8. The van der Waals surface area contributed by atoms with E-state index in [0.29, 0.717) is 0 Å². The summed E-state index contributed by atoms with van der Waals surface area (Å²) >= 11 is 3.79. The summed E-state index contributed by atoms with van der Waals surface area (Å²) in [6.45, 7) is 0. The molecule has 0 fully saturated rings. The SMILES string of the molecule is c1ccc2c(c1)sc1cc3c(cc12)c1ccccc1c1cc2c4ccccc4n(-c4cccc5c4sc4ccccc45)c2cc31. The van der Waals surface area contributed by atoms with Gasteiger partial charge in [0.05, 0.1) is 21.4 Å². The maximum absolute atomic E-state index is 2.51. The van der Waals surface area contributed by atoms with E-state index in [1.54, 1.807) is 0 Å². The largest absolute Gasteiger partial charge is 0.308 e. The van der Waals surface area contributed by atoms with Crippen LogP contribution < -0.4 is 0 Å². The molecule has 3 heteroatoms. The number of benzene rings is 8. The Morgan fingerprint density at radius 3 is 1.64 bits per heavy atom. The average Bonchev–Trinajstić information content (AvgIpc) is 3.76. The lowest BCUT2D eigenvalue weighted by Gasteiger charge is -2.13. The second-order valence-corrected chi connectivity index (χ2v) is 14.2. The van der Waals surface area contributed by atoms with Crippen LogP contribution in [-0.2, 0) is 0 Å². The van der Waals surface area contributed by atoms with Gasteiger partial charge in [0, 0.05) is 46.4 Å². The Morgan fingerprint density at radius 2 is 0.867 bits per heavy atom. The fraction of sp³-hybridized carbons (Fsp3) is 0. The molecule has 3 aromatic heterocycles. The van der Waals surface area contributed by atoms with Gasteiger partial charge in [-0.25, -0.2) is 0 Å². The molecule has 0 saturated carbocycles. The van der Waals surface area contributed by atoms with Gasteiger partial charge in [-0.15, -0.1) is 22.7 Å². The van der Waals surface area contributed by atoms with Crippen LogP contribution in [0.4, 0.5) is 0 Å². The number of thiophene rings is 2. The smallest absolute Gasteiger partial charge is 0.0640 e. The zero-order valence-corrected chi connectivity index (χ0v) is 25.7. The normalized spacial score (nSPS) is 12.4. The van der Waals surface area contributed by atoms with Crippen LogP contribution in [0.25, 0.3) is 100 Å². The molecule has 0 radical (unpaired) electrons. The highest BCUT2D eigenvalue weighted by Gasteiger charge is 2.19. The third-order valence-corrected chi connectivity index (χ3v) is 12.1. The summed E-state index contributed by atoms with van der Waals surface area (Å²) in [5.74, 6) is 0. The minimum atomic E-state index is 1.24. The van der Waals surface area contributed by atoms with Crippen LogP contribution in [0.15, 0.2) is 140 Å². The predicted octanol–water partition coefficient (Wildman–Crippen LogP) is 13.0. The van der Waals surface area contributed by atoms with Crippen molar-refractivity contribution in [2.75, 3.05) is 0 Å². The first-order valence-corrected chi connectivity index (χ1v) is 17.0. The Balaban J connectivity index is 1.35. The molecule has 11 aromatic rings. The Kier molecular flexibility index (Phi) is 4.67. The van der Waals surface area contributed by atoms with Gasteiger partial charge in [-0.2, -0.15) is 0 Å². The molecule has 0 bridgehead atoms. The highest BCUT2D eigenvalue weighted by molar-refractivity contribution is 7.26. The molecule has 0 saturated heterocycles. The van der Waals surface area contributed by atoms with Crippen LogP contribution in [0.2, 0.25) is 0 Å². The number of hydrogen-bond donors (Lipinski definition) is 0. The van der Waals surface area contributed by atoms with E-state index in [4.69, 9.17) is 0 Å². The maximum Gasteiger partial charge on any atom is 0.0640 e. The Hall–Kier alpha value is -5.22. The summed E-state index contributed by atoms with van der Waals surface area (Å²) < 4.78 is 7.86. The van der Waals surface area contributed by atoms with Gasteiger partial charge >= 0.3 is 0 Å². The van der Waals surface area contributed by atoms with Gasteiger partial charge in [-0.1, -0.05) is 91.0 Å². The topological polar surface area (TPSA) is 4.93 Å². The third kappa shape index (κ3) is 3.16. The third-order valence-electron chi connectivity index (χ3n) is 9.75. The molecular formula is C42H23NS2. The lowest BCUT2D eigenvalue weighted by molar-refractivity contribution is 1.20. The lowest BCUT2D eigenvalue weighted by Crippen LogP contribution is -1.94. The first-order valence-electron chi connectivity index (χ1n) is 15.4. The molecule has 0 unspecified atom stereocenters. The highest BCUT2D eigenvalue weighted by atomic mass is 32.1. The molecule has 3 heterocycles. The van der Waals surface area contributed by atoms with Crippen molar-refractivity contribution in [2.45, 2.75) is 0 Å². The van der Waals surface area contributed by atoms with Crippen LogP contribution in [-0.4, -0.2) is 4.57 Å². The molecule has 0 aliphatic rings. The van der Waals surface area contributed by atoms with Gasteiger partial charge in [0.1, 0.15) is 0 Å². The van der Waals surface area contributed by atoms with Crippen molar-refractivity contribution in [3.63, 3.8) is 0 Å². The van der Waals surface area contributed by atoms with Gasteiger partial charge < -0.3 is 4.57 Å². The monoisotopic (exact) mass is 605 g/mol. The fourth-order valence-corrected chi connectivity index (χ4v) is 10.1. The van der Waals surface area contributed by atoms with Crippen LogP contribution in [0.1, 0.15) is 0 Å². The summed E-state index contributed by atoms with van der Waals surface area (Å²) in [7, 11) is 0. The first kappa shape index (κ1) is 24.1. The van der Waals surface area contributed by atoms with Crippen molar-refractivity contribution in [1.29, 1.82) is 0 Å². The highest BCUT2D eigenvalue weighted by Crippen LogP contribution is 2.45. The van der Waals surface area contributed by atoms with Crippen LogP contribution in [0.5, 0.6) is 0 Å². The molecule has 208 valence electrons. The van der Waals surface area contributed by atoms with E-state index < -0.39 is 0 Å². The van der Waals surface area contributed by atoms with Crippen molar-refractivity contribution in [3.8, 4) is 5.69 Å². The van der Waals surface area contributed by atoms with E-state index in [2.05, 4.69) is 144 Å². The number of rotatable bonds is 1. The van der Waals surface area contributed by atoms with Crippen molar-refractivity contribution in [3.05, 3.63) is 140 Å². The molecule has 0 aliphatic heterocycles. The van der Waals surface area contributed by atoms with Crippen molar-refractivity contribution < 1.29 is 0 Å². The fourth-order valence-electron chi connectivity index (χ4n) is 7.80. The van der Waals surface area contributed by atoms with Crippen LogP contribution in [0, 0.1) is 0 Å². The summed E-state index contributed by atoms with van der Waals surface area (Å²) in [4.78, 5) is 0. The molecule has 0 atom stereocenters. The zero-order valence-electron chi connectivity index (χ0n) is 24.0. The van der Waals surface area contributed by atoms with Crippen molar-refractivity contribution >= 4 is 117 Å². The number of aromatic nitrogens is 1. The number of para-hydroxylation sites is 1. The lowest BCUT2D eigenvalue weighted by atomic mass is 9.92. The van der Waals surface area contributed by atoms with Crippen molar-refractivity contribution in [2.24, 2.45) is 0 Å². The van der Waals surface area contributed by atoms with E-state index in [0.717, 1.165) is 0 Å². The molecule has 1 nitrogen and oxygen atoms in total. The van der Waals surface area contributed by atoms with Gasteiger partial charge in [-0.3, -0.25) is 0 Å². The molecule has 45 heavy (non-hydrogen) atoms. The van der Waals surface area contributed by atoms with E-state index in [1.165, 1.54) is 100 Å². The minimum Gasteiger partial charge on any atom is -0.308 e. The molecule has 8 aromatic carbocycles. The Morgan fingerprint density at radius 1 is 0.311 bits per heavy atom. The summed E-state index contributed by atoms with van der Waals surface area (Å²) in [6.07, 6.45) is 0. The Labute approximate surface area is 265 Å². The standard InChI is InChI=1S/C42H23NS2/c1-2-11-25-24(10-1)30-20-34-26-12-3-6-16-36(26)43(37-17-9-15-29-27-13-4-8-19-40(27)45-42(29)37)38(34)22-32(30)33-23-41-35(21-31(25)33)28-14-5-7-18-39(28)44-41/h1-23H. The second kappa shape index (κ2) is 8.70. The van der Waals surface area contributed by atoms with Crippen LogP contribution >= 0.6 is 22.7 Å². The second-order valence-electron chi connectivity index (χ2n) is 12.1. The van der Waals surface area contributed by atoms with Gasteiger partial charge in [0.2, 0.25) is 0 Å². The molecule has 0 N–H and O–H groups in total. The summed E-state index contributed by atoms with van der Waals surface area (Å²) in [5.41, 5.74) is 3.74. The maximum atomic E-state index is 2.51. The number of fused-ring (bicyclic) bond motifs is 15. The zero-order chi connectivity index (χ0) is 29.2. The molecule has 0 aliphatic carbocycles. The molecule has 0 amide bonds. The van der Waals surface area contributed by atoms with E-state index in [9.17, 15) is 0 Å². The number of nitrogens with zero attached hydrogens (tertiary/aromatic N) is 1. The average molecular weight is 606 g/mol. The summed E-state index contributed by atoms with van der Waals surface area (Å²) in [6, 6.07) is 52.1. The van der Waals surface area contributed by atoms with Gasteiger partial charge in [-0.05, 0) is 80.8 Å². The van der Waals surface area contributed by atoms with Crippen LogP contribution in [0.3, 0.4) is 0 Å². The van der Waals surface area contributed by atoms with Gasteiger partial charge in [0.15, 0.2) is 0 Å². The van der Waals surface area contributed by atoms with E-state index in [1.807, 2.05) is 22.7 Å². The van der Waals surface area contributed by atoms with E-state index in [-0.39, 0.29) is 0 Å². The quantitative estimate of drug-likeness (QED) is 0.164. The molecule has 11 rings (SSSR count). The predicted molar refractivity (Wildman–Crippen MR) is 199 cm³/mol. The van der Waals surface area contributed by atoms with Gasteiger partial charge in [0.25, 0.3) is 0 Å².